The Morgan fingerprint density at radius 1 is 1.16 bits per heavy atom. The maximum absolute atomic E-state index is 12.0. The van der Waals surface area contributed by atoms with Crippen molar-refractivity contribution < 1.29 is 17.9 Å². The van der Waals surface area contributed by atoms with Crippen molar-refractivity contribution in [1.82, 2.24) is 5.32 Å². The van der Waals surface area contributed by atoms with Gasteiger partial charge in [0.05, 0.1) is 17.1 Å². The van der Waals surface area contributed by atoms with Gasteiger partial charge in [-0.15, -0.1) is 0 Å². The van der Waals surface area contributed by atoms with Crippen LogP contribution in [0.4, 0.5) is 0 Å². The summed E-state index contributed by atoms with van der Waals surface area (Å²) in [7, 11) is -3.08. The number of ether oxygens (including phenoxy) is 1. The Kier molecular flexibility index (Phi) is 5.21. The third-order valence-electron chi connectivity index (χ3n) is 3.97. The first-order valence-electron chi connectivity index (χ1n) is 7.18. The number of hydrogen-bond donors (Lipinski definition) is 1. The second-order valence-electron chi connectivity index (χ2n) is 5.46. The zero-order valence-corrected chi connectivity index (χ0v) is 12.1. The molecule has 1 aliphatic carbocycles. The molecular weight excluding hydrogens is 266 g/mol. The van der Waals surface area contributed by atoms with Crippen molar-refractivity contribution in [1.29, 1.82) is 0 Å². The van der Waals surface area contributed by atoms with E-state index >= 15 is 0 Å². The molecule has 1 N–H and O–H groups in total. The highest BCUT2D eigenvalue weighted by Gasteiger charge is 2.28. The van der Waals surface area contributed by atoms with E-state index in [2.05, 4.69) is 5.32 Å². The molecule has 2 aliphatic rings. The van der Waals surface area contributed by atoms with E-state index in [9.17, 15) is 13.2 Å². The lowest BCUT2D eigenvalue weighted by atomic mass is 10.2. The molecule has 0 aromatic carbocycles. The van der Waals surface area contributed by atoms with Crippen LogP contribution in [-0.4, -0.2) is 44.6 Å². The topological polar surface area (TPSA) is 72.5 Å². The summed E-state index contributed by atoms with van der Waals surface area (Å²) in [5, 5.41) is 2.55. The molecule has 1 atom stereocenters. The van der Waals surface area contributed by atoms with Crippen LogP contribution in [-0.2, 0) is 19.4 Å². The van der Waals surface area contributed by atoms with Gasteiger partial charge in [0, 0.05) is 19.6 Å². The maximum atomic E-state index is 12.0. The van der Waals surface area contributed by atoms with E-state index in [0.717, 1.165) is 45.1 Å². The van der Waals surface area contributed by atoms with Crippen LogP contribution in [0, 0.1) is 0 Å². The Hall–Kier alpha value is -0.620. The molecule has 19 heavy (non-hydrogen) atoms. The molecule has 2 rings (SSSR count). The van der Waals surface area contributed by atoms with Gasteiger partial charge >= 0.3 is 0 Å². The largest absolute Gasteiger partial charge is 0.376 e. The quantitative estimate of drug-likeness (QED) is 0.792. The highest BCUT2D eigenvalue weighted by molar-refractivity contribution is 7.92. The van der Waals surface area contributed by atoms with Gasteiger partial charge in [-0.05, 0) is 25.7 Å². The third kappa shape index (κ3) is 4.45. The Bertz CT molecular complexity index is 395. The molecule has 1 amide bonds. The highest BCUT2D eigenvalue weighted by Crippen LogP contribution is 2.25. The zero-order chi connectivity index (χ0) is 13.7. The van der Waals surface area contributed by atoms with Crippen LogP contribution >= 0.6 is 0 Å². The van der Waals surface area contributed by atoms with E-state index in [0.29, 0.717) is 6.54 Å². The van der Waals surface area contributed by atoms with Crippen LogP contribution in [0.3, 0.4) is 0 Å². The average Bonchev–Trinajstić information content (AvgIpc) is 3.06. The number of amides is 1. The van der Waals surface area contributed by atoms with Gasteiger partial charge in [-0.2, -0.15) is 0 Å². The van der Waals surface area contributed by atoms with Crippen molar-refractivity contribution in [3.05, 3.63) is 0 Å². The second kappa shape index (κ2) is 6.70. The van der Waals surface area contributed by atoms with E-state index < -0.39 is 9.84 Å². The van der Waals surface area contributed by atoms with Crippen molar-refractivity contribution in [2.24, 2.45) is 0 Å². The van der Waals surface area contributed by atoms with Gasteiger partial charge in [0.1, 0.15) is 0 Å². The summed E-state index contributed by atoms with van der Waals surface area (Å²) in [6.45, 7) is 1.26. The van der Waals surface area contributed by atoms with Crippen LogP contribution in [0.1, 0.15) is 44.9 Å². The molecule has 0 spiro atoms. The number of carbonyl (C=O) groups is 1. The molecular formula is C13H23NO4S. The first kappa shape index (κ1) is 14.8. The fraction of sp³-hybridized carbons (Fsp3) is 0.923. The normalized spacial score (nSPS) is 24.7. The number of nitrogens with one attached hydrogen (secondary N) is 1. The smallest absolute Gasteiger partial charge is 0.221 e. The van der Waals surface area contributed by atoms with Crippen LogP contribution in [0.5, 0.6) is 0 Å². The van der Waals surface area contributed by atoms with E-state index in [1.807, 2.05) is 0 Å². The number of hydrogen-bond acceptors (Lipinski definition) is 4. The van der Waals surface area contributed by atoms with E-state index in [-0.39, 0.29) is 29.4 Å². The van der Waals surface area contributed by atoms with E-state index in [4.69, 9.17) is 4.74 Å². The molecule has 1 aliphatic heterocycles. The van der Waals surface area contributed by atoms with Crippen molar-refractivity contribution in [2.45, 2.75) is 56.3 Å². The third-order valence-corrected chi connectivity index (χ3v) is 6.23. The standard InChI is InChI=1S/C13H23NO4S/c15-13(14-10-11-4-3-8-18-11)7-9-19(16,17)12-5-1-2-6-12/h11-12H,1-10H2,(H,14,15). The summed E-state index contributed by atoms with van der Waals surface area (Å²) in [5.74, 6) is -0.202. The molecule has 2 fully saturated rings. The number of carbonyl (C=O) groups excluding carboxylic acids is 1. The van der Waals surface area contributed by atoms with Crippen molar-refractivity contribution in [2.75, 3.05) is 18.9 Å². The molecule has 0 aromatic rings. The molecule has 110 valence electrons. The average molecular weight is 289 g/mol. The summed E-state index contributed by atoms with van der Waals surface area (Å²) in [5.41, 5.74) is 0. The van der Waals surface area contributed by atoms with Gasteiger partial charge in [-0.25, -0.2) is 8.42 Å². The molecule has 1 unspecified atom stereocenters. The van der Waals surface area contributed by atoms with Crippen LogP contribution in [0.25, 0.3) is 0 Å². The van der Waals surface area contributed by atoms with E-state index in [1.54, 1.807) is 0 Å². The van der Waals surface area contributed by atoms with Crippen LogP contribution < -0.4 is 5.32 Å². The lowest BCUT2D eigenvalue weighted by Crippen LogP contribution is -2.33. The summed E-state index contributed by atoms with van der Waals surface area (Å²) >= 11 is 0. The molecule has 1 saturated heterocycles. The van der Waals surface area contributed by atoms with Crippen LogP contribution in [0.15, 0.2) is 0 Å². The molecule has 1 saturated carbocycles. The lowest BCUT2D eigenvalue weighted by Gasteiger charge is -2.12. The SMILES string of the molecule is O=C(CCS(=O)(=O)C1CCCC1)NCC1CCCO1. The van der Waals surface area contributed by atoms with Gasteiger partial charge in [-0.3, -0.25) is 4.79 Å². The highest BCUT2D eigenvalue weighted by atomic mass is 32.2. The predicted octanol–water partition coefficient (Wildman–Crippen LogP) is 1.03. The number of rotatable bonds is 6. The molecule has 0 bridgehead atoms. The van der Waals surface area contributed by atoms with E-state index in [1.165, 1.54) is 0 Å². The predicted molar refractivity (Wildman–Crippen MR) is 72.6 cm³/mol. The van der Waals surface area contributed by atoms with Gasteiger partial charge in [0.25, 0.3) is 0 Å². The summed E-state index contributed by atoms with van der Waals surface area (Å²) < 4.78 is 29.4. The first-order chi connectivity index (χ1) is 9.08. The lowest BCUT2D eigenvalue weighted by molar-refractivity contribution is -0.121. The van der Waals surface area contributed by atoms with Crippen LogP contribution in [0.2, 0.25) is 0 Å². The van der Waals surface area contributed by atoms with Gasteiger partial charge < -0.3 is 10.1 Å². The number of sulfone groups is 1. The molecule has 0 aromatic heterocycles. The molecule has 1 heterocycles. The summed E-state index contributed by atoms with van der Waals surface area (Å²) in [6.07, 6.45) is 5.71. The monoisotopic (exact) mass is 289 g/mol. The first-order valence-corrected chi connectivity index (χ1v) is 8.89. The minimum Gasteiger partial charge on any atom is -0.376 e. The fourth-order valence-corrected chi connectivity index (χ4v) is 4.63. The second-order valence-corrected chi connectivity index (χ2v) is 7.86. The van der Waals surface area contributed by atoms with Crippen molar-refractivity contribution >= 4 is 15.7 Å². The van der Waals surface area contributed by atoms with Crippen molar-refractivity contribution in [3.8, 4) is 0 Å². The zero-order valence-electron chi connectivity index (χ0n) is 11.3. The van der Waals surface area contributed by atoms with Gasteiger partial charge in [0.15, 0.2) is 9.84 Å². The molecule has 6 heteroatoms. The minimum atomic E-state index is -3.08. The molecule has 0 radical (unpaired) electrons. The summed E-state index contributed by atoms with van der Waals surface area (Å²) in [4.78, 5) is 11.6. The van der Waals surface area contributed by atoms with Gasteiger partial charge in [-0.1, -0.05) is 12.8 Å². The maximum Gasteiger partial charge on any atom is 0.221 e. The Balaban J connectivity index is 1.67. The summed E-state index contributed by atoms with van der Waals surface area (Å²) in [6, 6.07) is 0. The minimum absolute atomic E-state index is 0.0188. The van der Waals surface area contributed by atoms with Crippen molar-refractivity contribution in [3.63, 3.8) is 0 Å². The van der Waals surface area contributed by atoms with Gasteiger partial charge in [0.2, 0.25) is 5.91 Å². The molecule has 5 nitrogen and oxygen atoms in total. The Labute approximate surface area is 115 Å². The Morgan fingerprint density at radius 2 is 1.89 bits per heavy atom. The fourth-order valence-electron chi connectivity index (χ4n) is 2.77. The Morgan fingerprint density at radius 3 is 2.53 bits per heavy atom.